The zero-order valence-corrected chi connectivity index (χ0v) is 11.5. The van der Waals surface area contributed by atoms with Crippen molar-refractivity contribution in [1.82, 2.24) is 15.0 Å². The second-order valence-corrected chi connectivity index (χ2v) is 4.23. The lowest BCUT2D eigenvalue weighted by atomic mass is 10.2. The highest BCUT2D eigenvalue weighted by molar-refractivity contribution is 5.44. The van der Waals surface area contributed by atoms with Gasteiger partial charge in [0.05, 0.1) is 12.5 Å². The number of nitriles is 1. The maximum Gasteiger partial charge on any atom is 0.231 e. The fourth-order valence-corrected chi connectivity index (χ4v) is 1.29. The summed E-state index contributed by atoms with van der Waals surface area (Å²) in [6.45, 7) is 1.96. The first-order valence-electron chi connectivity index (χ1n) is 5.70. The van der Waals surface area contributed by atoms with Crippen LogP contribution in [0, 0.1) is 11.3 Å². The summed E-state index contributed by atoms with van der Waals surface area (Å²) < 4.78 is 0. The van der Waals surface area contributed by atoms with Gasteiger partial charge < -0.3 is 15.1 Å². The van der Waals surface area contributed by atoms with E-state index in [0.29, 0.717) is 24.3 Å². The van der Waals surface area contributed by atoms with Crippen LogP contribution in [0.15, 0.2) is 0 Å². The summed E-state index contributed by atoms with van der Waals surface area (Å²) >= 11 is 0. The predicted molar refractivity (Wildman–Crippen MR) is 71.8 cm³/mol. The molecular weight excluding hydrogens is 230 g/mol. The van der Waals surface area contributed by atoms with Gasteiger partial charge in [-0.3, -0.25) is 0 Å². The standard InChI is InChI=1S/C11H19N7/c1-8(6-7-12)18(5)11-15-9(13-2)14-10(16-11)17(3)4/h8H,6H2,1-5H3,(H,13,14,15,16). The van der Waals surface area contributed by atoms with Gasteiger partial charge in [-0.2, -0.15) is 20.2 Å². The molecule has 1 heterocycles. The van der Waals surface area contributed by atoms with E-state index >= 15 is 0 Å². The van der Waals surface area contributed by atoms with Crippen LogP contribution in [-0.2, 0) is 0 Å². The third kappa shape index (κ3) is 3.20. The first-order chi connectivity index (χ1) is 8.49. The third-order valence-corrected chi connectivity index (χ3v) is 2.60. The molecule has 1 rings (SSSR count). The molecule has 0 amide bonds. The highest BCUT2D eigenvalue weighted by Gasteiger charge is 2.15. The molecular formula is C11H19N7. The van der Waals surface area contributed by atoms with Crippen LogP contribution in [0.25, 0.3) is 0 Å². The fraction of sp³-hybridized carbons (Fsp3) is 0.636. The quantitative estimate of drug-likeness (QED) is 0.823. The van der Waals surface area contributed by atoms with Gasteiger partial charge in [-0.15, -0.1) is 0 Å². The van der Waals surface area contributed by atoms with E-state index in [-0.39, 0.29) is 6.04 Å². The number of rotatable bonds is 5. The normalized spacial score (nSPS) is 11.6. The van der Waals surface area contributed by atoms with Crippen LogP contribution in [0.3, 0.4) is 0 Å². The molecule has 1 N–H and O–H groups in total. The molecule has 1 aromatic rings. The van der Waals surface area contributed by atoms with E-state index in [1.807, 2.05) is 37.9 Å². The molecule has 0 aliphatic carbocycles. The lowest BCUT2D eigenvalue weighted by molar-refractivity contribution is 0.680. The van der Waals surface area contributed by atoms with Crippen molar-refractivity contribution in [2.75, 3.05) is 43.3 Å². The Morgan fingerprint density at radius 1 is 1.22 bits per heavy atom. The Morgan fingerprint density at radius 3 is 2.33 bits per heavy atom. The predicted octanol–water partition coefficient (Wildman–Crippen LogP) is 0.718. The van der Waals surface area contributed by atoms with Gasteiger partial charge in [-0.1, -0.05) is 0 Å². The van der Waals surface area contributed by atoms with E-state index in [4.69, 9.17) is 5.26 Å². The molecule has 1 aromatic heterocycles. The zero-order chi connectivity index (χ0) is 13.7. The molecule has 0 spiro atoms. The van der Waals surface area contributed by atoms with Gasteiger partial charge in [-0.25, -0.2) is 0 Å². The molecule has 0 saturated heterocycles. The number of anilines is 3. The van der Waals surface area contributed by atoms with E-state index in [1.54, 1.807) is 7.05 Å². The van der Waals surface area contributed by atoms with Crippen molar-refractivity contribution in [2.45, 2.75) is 19.4 Å². The van der Waals surface area contributed by atoms with Crippen LogP contribution < -0.4 is 15.1 Å². The Balaban J connectivity index is 3.08. The summed E-state index contributed by atoms with van der Waals surface area (Å²) in [4.78, 5) is 16.6. The minimum absolute atomic E-state index is 0.0529. The summed E-state index contributed by atoms with van der Waals surface area (Å²) in [5.41, 5.74) is 0. The highest BCUT2D eigenvalue weighted by Crippen LogP contribution is 2.16. The average Bonchev–Trinajstić information content (AvgIpc) is 2.37. The van der Waals surface area contributed by atoms with Gasteiger partial charge in [0, 0.05) is 34.2 Å². The van der Waals surface area contributed by atoms with E-state index in [0.717, 1.165) is 0 Å². The van der Waals surface area contributed by atoms with Crippen LogP contribution in [0.2, 0.25) is 0 Å². The van der Waals surface area contributed by atoms with Crippen molar-refractivity contribution in [1.29, 1.82) is 5.26 Å². The van der Waals surface area contributed by atoms with Crippen LogP contribution in [0.1, 0.15) is 13.3 Å². The van der Waals surface area contributed by atoms with Crippen molar-refractivity contribution in [3.8, 4) is 6.07 Å². The van der Waals surface area contributed by atoms with E-state index in [2.05, 4.69) is 26.3 Å². The van der Waals surface area contributed by atoms with Gasteiger partial charge in [0.25, 0.3) is 0 Å². The number of nitrogens with zero attached hydrogens (tertiary/aromatic N) is 6. The van der Waals surface area contributed by atoms with Gasteiger partial charge in [0.1, 0.15) is 0 Å². The number of hydrogen-bond donors (Lipinski definition) is 1. The van der Waals surface area contributed by atoms with E-state index in [1.165, 1.54) is 0 Å². The molecule has 7 heteroatoms. The number of nitrogens with one attached hydrogen (secondary N) is 1. The van der Waals surface area contributed by atoms with Gasteiger partial charge in [0.2, 0.25) is 17.8 Å². The maximum atomic E-state index is 8.73. The van der Waals surface area contributed by atoms with Crippen LogP contribution >= 0.6 is 0 Å². The summed E-state index contributed by atoms with van der Waals surface area (Å²) in [5, 5.41) is 11.6. The zero-order valence-electron chi connectivity index (χ0n) is 11.5. The highest BCUT2D eigenvalue weighted by atomic mass is 15.3. The molecule has 0 aliphatic heterocycles. The van der Waals surface area contributed by atoms with Crippen molar-refractivity contribution in [3.05, 3.63) is 0 Å². The maximum absolute atomic E-state index is 8.73. The molecule has 0 saturated carbocycles. The number of hydrogen-bond acceptors (Lipinski definition) is 7. The Bertz CT molecular complexity index is 438. The molecule has 1 atom stereocenters. The monoisotopic (exact) mass is 249 g/mol. The van der Waals surface area contributed by atoms with Gasteiger partial charge >= 0.3 is 0 Å². The molecule has 0 aromatic carbocycles. The molecule has 0 radical (unpaired) electrons. The van der Waals surface area contributed by atoms with Crippen molar-refractivity contribution >= 4 is 17.8 Å². The van der Waals surface area contributed by atoms with Crippen molar-refractivity contribution in [2.24, 2.45) is 0 Å². The average molecular weight is 249 g/mol. The summed E-state index contributed by atoms with van der Waals surface area (Å²) in [6, 6.07) is 2.20. The van der Waals surface area contributed by atoms with Gasteiger partial charge in [-0.05, 0) is 6.92 Å². The Kier molecular flexibility index (Phi) is 4.66. The van der Waals surface area contributed by atoms with E-state index in [9.17, 15) is 0 Å². The smallest absolute Gasteiger partial charge is 0.231 e. The summed E-state index contributed by atoms with van der Waals surface area (Å²) in [6.07, 6.45) is 0.425. The SMILES string of the molecule is CNc1nc(N(C)C)nc(N(C)C(C)CC#N)n1. The molecule has 0 fully saturated rings. The molecule has 7 nitrogen and oxygen atoms in total. The lowest BCUT2D eigenvalue weighted by Gasteiger charge is -2.24. The Labute approximate surface area is 107 Å². The molecule has 98 valence electrons. The van der Waals surface area contributed by atoms with E-state index < -0.39 is 0 Å². The number of aromatic nitrogens is 3. The first kappa shape index (κ1) is 14.0. The summed E-state index contributed by atoms with van der Waals surface area (Å²) in [7, 11) is 7.38. The Hall–Kier alpha value is -2.10. The topological polar surface area (TPSA) is 81.0 Å². The first-order valence-corrected chi connectivity index (χ1v) is 5.70. The van der Waals surface area contributed by atoms with Crippen LogP contribution in [0.4, 0.5) is 17.8 Å². The second-order valence-electron chi connectivity index (χ2n) is 4.23. The molecule has 1 unspecified atom stereocenters. The van der Waals surface area contributed by atoms with Crippen LogP contribution in [0.5, 0.6) is 0 Å². The van der Waals surface area contributed by atoms with Crippen LogP contribution in [-0.4, -0.2) is 49.2 Å². The van der Waals surface area contributed by atoms with Gasteiger partial charge in [0.15, 0.2) is 0 Å². The minimum atomic E-state index is 0.0529. The molecule has 18 heavy (non-hydrogen) atoms. The third-order valence-electron chi connectivity index (χ3n) is 2.60. The second kappa shape index (κ2) is 6.00. The minimum Gasteiger partial charge on any atom is -0.357 e. The Morgan fingerprint density at radius 2 is 1.83 bits per heavy atom. The van der Waals surface area contributed by atoms with Crippen molar-refractivity contribution < 1.29 is 0 Å². The van der Waals surface area contributed by atoms with Crippen molar-refractivity contribution in [3.63, 3.8) is 0 Å². The summed E-state index contributed by atoms with van der Waals surface area (Å²) in [5.74, 6) is 1.65. The molecule has 0 aliphatic rings. The fourth-order valence-electron chi connectivity index (χ4n) is 1.29. The lowest BCUT2D eigenvalue weighted by Crippen LogP contribution is -2.31. The largest absolute Gasteiger partial charge is 0.357 e. The molecule has 0 bridgehead atoms.